The van der Waals surface area contributed by atoms with Gasteiger partial charge in [-0.3, -0.25) is 4.79 Å². The predicted molar refractivity (Wildman–Crippen MR) is 74.1 cm³/mol. The topological polar surface area (TPSA) is 59.4 Å². The summed E-state index contributed by atoms with van der Waals surface area (Å²) in [7, 11) is 1.97. The second-order valence-corrected chi connectivity index (χ2v) is 5.50. The van der Waals surface area contributed by atoms with Crippen molar-refractivity contribution in [1.82, 2.24) is 19.8 Å². The Morgan fingerprint density at radius 1 is 1.50 bits per heavy atom. The van der Waals surface area contributed by atoms with Gasteiger partial charge in [-0.2, -0.15) is 0 Å². The first kappa shape index (κ1) is 13.6. The molecule has 0 radical (unpaired) electrons. The van der Waals surface area contributed by atoms with Crippen LogP contribution in [0.5, 0.6) is 0 Å². The van der Waals surface area contributed by atoms with Gasteiger partial charge in [-0.15, -0.1) is 0 Å². The fourth-order valence-corrected chi connectivity index (χ4v) is 3.02. The first-order chi connectivity index (χ1) is 9.77. The van der Waals surface area contributed by atoms with E-state index in [2.05, 4.69) is 10.3 Å². The van der Waals surface area contributed by atoms with E-state index in [9.17, 15) is 4.79 Å². The monoisotopic (exact) mass is 278 g/mol. The molecule has 2 unspecified atom stereocenters. The Labute approximate surface area is 119 Å². The zero-order valence-corrected chi connectivity index (χ0v) is 11.9. The Morgan fingerprint density at radius 2 is 2.40 bits per heavy atom. The molecular formula is C14H22N4O2. The summed E-state index contributed by atoms with van der Waals surface area (Å²) in [6, 6.07) is 0.00164. The Bertz CT molecular complexity index is 467. The minimum atomic E-state index is -0.260. The molecule has 1 N–H and O–H groups in total. The lowest BCUT2D eigenvalue weighted by Crippen LogP contribution is -2.53. The minimum Gasteiger partial charge on any atom is -0.368 e. The smallest absolute Gasteiger partial charge is 0.252 e. The summed E-state index contributed by atoms with van der Waals surface area (Å²) in [5.74, 6) is 1.06. The van der Waals surface area contributed by atoms with Gasteiger partial charge >= 0.3 is 0 Å². The van der Waals surface area contributed by atoms with Crippen LogP contribution in [0.15, 0.2) is 12.4 Å². The third-order valence-corrected chi connectivity index (χ3v) is 4.14. The van der Waals surface area contributed by atoms with Crippen molar-refractivity contribution in [3.63, 3.8) is 0 Å². The van der Waals surface area contributed by atoms with E-state index in [0.717, 1.165) is 44.7 Å². The number of nitrogens with one attached hydrogen (secondary N) is 1. The molecule has 0 spiro atoms. The van der Waals surface area contributed by atoms with E-state index in [4.69, 9.17) is 4.74 Å². The molecule has 1 amide bonds. The first-order valence-electron chi connectivity index (χ1n) is 7.37. The molecule has 2 fully saturated rings. The second-order valence-electron chi connectivity index (χ2n) is 5.50. The molecule has 2 aliphatic heterocycles. The van der Waals surface area contributed by atoms with Crippen molar-refractivity contribution in [2.75, 3.05) is 26.2 Å². The lowest BCUT2D eigenvalue weighted by molar-refractivity contribution is -0.150. The Morgan fingerprint density at radius 3 is 3.10 bits per heavy atom. The summed E-state index contributed by atoms with van der Waals surface area (Å²) in [5.41, 5.74) is 0. The average Bonchev–Trinajstić information content (AvgIpc) is 2.93. The summed E-state index contributed by atoms with van der Waals surface area (Å²) in [6.45, 7) is 3.01. The van der Waals surface area contributed by atoms with Gasteiger partial charge < -0.3 is 19.5 Å². The molecule has 3 heterocycles. The molecular weight excluding hydrogens is 256 g/mol. The highest BCUT2D eigenvalue weighted by molar-refractivity contribution is 5.81. The predicted octanol–water partition coefficient (Wildman–Crippen LogP) is 0.462. The van der Waals surface area contributed by atoms with E-state index < -0.39 is 0 Å². The van der Waals surface area contributed by atoms with Crippen LogP contribution in [0.1, 0.15) is 31.1 Å². The molecule has 0 saturated carbocycles. The highest BCUT2D eigenvalue weighted by Crippen LogP contribution is 2.24. The van der Waals surface area contributed by atoms with Gasteiger partial charge in [0.1, 0.15) is 18.0 Å². The number of imidazole rings is 1. The molecule has 2 aliphatic rings. The highest BCUT2D eigenvalue weighted by Gasteiger charge is 2.35. The van der Waals surface area contributed by atoms with E-state index in [0.29, 0.717) is 6.61 Å². The number of nitrogens with zero attached hydrogens (tertiary/aromatic N) is 3. The molecule has 20 heavy (non-hydrogen) atoms. The van der Waals surface area contributed by atoms with Gasteiger partial charge in [-0.25, -0.2) is 4.98 Å². The van der Waals surface area contributed by atoms with Gasteiger partial charge in [0.2, 0.25) is 0 Å². The van der Waals surface area contributed by atoms with Crippen LogP contribution in [0, 0.1) is 0 Å². The standard InChI is InChI=1S/C14H22N4O2/c1-17-7-6-16-13(17)11-10-15-5-8-18(11)14(19)12-4-2-3-9-20-12/h6-7,11-12,15H,2-5,8-10H2,1H3. The molecule has 6 heteroatoms. The van der Waals surface area contributed by atoms with Crippen LogP contribution in [0.25, 0.3) is 0 Å². The molecule has 1 aromatic heterocycles. The molecule has 2 saturated heterocycles. The number of hydrogen-bond acceptors (Lipinski definition) is 4. The van der Waals surface area contributed by atoms with E-state index in [1.165, 1.54) is 0 Å². The van der Waals surface area contributed by atoms with Gasteiger partial charge in [0.05, 0.1) is 0 Å². The molecule has 1 aromatic rings. The van der Waals surface area contributed by atoms with Crippen molar-refractivity contribution in [3.8, 4) is 0 Å². The molecule has 6 nitrogen and oxygen atoms in total. The summed E-state index contributed by atoms with van der Waals surface area (Å²) >= 11 is 0. The van der Waals surface area contributed by atoms with Crippen LogP contribution in [0.3, 0.4) is 0 Å². The Kier molecular flexibility index (Phi) is 4.03. The number of hydrogen-bond donors (Lipinski definition) is 1. The van der Waals surface area contributed by atoms with Crippen LogP contribution in [-0.4, -0.2) is 52.7 Å². The third-order valence-electron chi connectivity index (χ3n) is 4.14. The van der Waals surface area contributed by atoms with Crippen molar-refractivity contribution in [3.05, 3.63) is 18.2 Å². The van der Waals surface area contributed by atoms with Gasteiger partial charge in [0.15, 0.2) is 0 Å². The van der Waals surface area contributed by atoms with E-state index in [1.807, 2.05) is 22.7 Å². The third kappa shape index (κ3) is 2.58. The van der Waals surface area contributed by atoms with E-state index in [1.54, 1.807) is 6.20 Å². The number of aromatic nitrogens is 2. The summed E-state index contributed by atoms with van der Waals surface area (Å²) in [5, 5.41) is 3.35. The maximum atomic E-state index is 12.7. The quantitative estimate of drug-likeness (QED) is 0.854. The number of carbonyl (C=O) groups excluding carboxylic acids is 1. The van der Waals surface area contributed by atoms with Gasteiger partial charge in [0.25, 0.3) is 5.91 Å². The highest BCUT2D eigenvalue weighted by atomic mass is 16.5. The minimum absolute atomic E-state index is 0.00164. The summed E-state index contributed by atoms with van der Waals surface area (Å²) < 4.78 is 7.64. The van der Waals surface area contributed by atoms with E-state index in [-0.39, 0.29) is 18.1 Å². The van der Waals surface area contributed by atoms with Crippen molar-refractivity contribution >= 4 is 5.91 Å². The maximum absolute atomic E-state index is 12.7. The number of piperazine rings is 1. The van der Waals surface area contributed by atoms with Crippen LogP contribution in [0.4, 0.5) is 0 Å². The van der Waals surface area contributed by atoms with Crippen molar-refractivity contribution in [1.29, 1.82) is 0 Å². The maximum Gasteiger partial charge on any atom is 0.252 e. The lowest BCUT2D eigenvalue weighted by atomic mass is 10.1. The summed E-state index contributed by atoms with van der Waals surface area (Å²) in [6.07, 6.45) is 6.43. The van der Waals surface area contributed by atoms with Crippen LogP contribution >= 0.6 is 0 Å². The molecule has 0 aliphatic carbocycles. The van der Waals surface area contributed by atoms with Crippen molar-refractivity contribution < 1.29 is 9.53 Å². The van der Waals surface area contributed by atoms with Gasteiger partial charge in [0, 0.05) is 45.7 Å². The zero-order valence-electron chi connectivity index (χ0n) is 11.9. The number of amides is 1. The molecule has 110 valence electrons. The Balaban J connectivity index is 1.78. The molecule has 2 atom stereocenters. The largest absolute Gasteiger partial charge is 0.368 e. The Hall–Kier alpha value is -1.40. The molecule has 3 rings (SSSR count). The lowest BCUT2D eigenvalue weighted by Gasteiger charge is -2.38. The fourth-order valence-electron chi connectivity index (χ4n) is 3.02. The normalized spacial score (nSPS) is 27.6. The summed E-state index contributed by atoms with van der Waals surface area (Å²) in [4.78, 5) is 19.1. The van der Waals surface area contributed by atoms with Crippen molar-refractivity contribution in [2.24, 2.45) is 7.05 Å². The molecule has 0 aromatic carbocycles. The number of rotatable bonds is 2. The molecule has 0 bridgehead atoms. The van der Waals surface area contributed by atoms with Crippen LogP contribution in [0.2, 0.25) is 0 Å². The first-order valence-corrected chi connectivity index (χ1v) is 7.37. The fraction of sp³-hybridized carbons (Fsp3) is 0.714. The zero-order chi connectivity index (χ0) is 13.9. The SMILES string of the molecule is Cn1ccnc1C1CNCCN1C(=O)C1CCCCO1. The number of carbonyl (C=O) groups is 1. The van der Waals surface area contributed by atoms with Gasteiger partial charge in [-0.1, -0.05) is 0 Å². The van der Waals surface area contributed by atoms with E-state index >= 15 is 0 Å². The van der Waals surface area contributed by atoms with Crippen LogP contribution < -0.4 is 5.32 Å². The van der Waals surface area contributed by atoms with Gasteiger partial charge in [-0.05, 0) is 19.3 Å². The second kappa shape index (κ2) is 5.93. The van der Waals surface area contributed by atoms with Crippen LogP contribution in [-0.2, 0) is 16.6 Å². The number of aryl methyl sites for hydroxylation is 1. The number of ether oxygens (including phenoxy) is 1. The van der Waals surface area contributed by atoms with Crippen molar-refractivity contribution in [2.45, 2.75) is 31.4 Å². The average molecular weight is 278 g/mol.